The molecular formula is C10H12ClNO2S. The summed E-state index contributed by atoms with van der Waals surface area (Å²) in [5.74, 6) is -0.0703. The van der Waals surface area contributed by atoms with Crippen LogP contribution in [0.5, 0.6) is 0 Å². The molecule has 82 valence electrons. The molecule has 1 heterocycles. The normalized spacial score (nSPS) is 10.0. The van der Waals surface area contributed by atoms with Crippen LogP contribution < -0.4 is 5.32 Å². The first-order valence-electron chi connectivity index (χ1n) is 4.58. The van der Waals surface area contributed by atoms with E-state index in [0.717, 1.165) is 4.88 Å². The number of thiophene rings is 1. The molecule has 0 aromatic carbocycles. The molecule has 0 aliphatic carbocycles. The topological polar surface area (TPSA) is 46.2 Å². The fourth-order valence-electron chi connectivity index (χ4n) is 1.01. The van der Waals surface area contributed by atoms with Crippen molar-refractivity contribution in [3.8, 4) is 0 Å². The highest BCUT2D eigenvalue weighted by Gasteiger charge is 2.04. The van der Waals surface area contributed by atoms with Gasteiger partial charge in [0.25, 0.3) is 0 Å². The van der Waals surface area contributed by atoms with Gasteiger partial charge in [-0.3, -0.25) is 4.79 Å². The average molecular weight is 246 g/mol. The highest BCUT2D eigenvalue weighted by atomic mass is 35.5. The van der Waals surface area contributed by atoms with E-state index in [4.69, 9.17) is 11.6 Å². The first-order valence-corrected chi connectivity index (χ1v) is 5.77. The number of Topliss-reactive ketones (excluding diaryl/α,β-unsaturated/α-hetero) is 1. The van der Waals surface area contributed by atoms with Crippen LogP contribution in [-0.2, 0) is 16.1 Å². The maximum absolute atomic E-state index is 11.2. The van der Waals surface area contributed by atoms with Crippen LogP contribution in [0.25, 0.3) is 0 Å². The Balaban J connectivity index is 2.25. The highest BCUT2D eigenvalue weighted by molar-refractivity contribution is 7.16. The third-order valence-electron chi connectivity index (χ3n) is 1.79. The van der Waals surface area contributed by atoms with Gasteiger partial charge in [-0.1, -0.05) is 11.6 Å². The van der Waals surface area contributed by atoms with Gasteiger partial charge >= 0.3 is 0 Å². The SMILES string of the molecule is CC(=O)CCC(=O)NCc1ccc(Cl)s1. The van der Waals surface area contributed by atoms with Crippen molar-refractivity contribution in [1.82, 2.24) is 5.32 Å². The van der Waals surface area contributed by atoms with Crippen LogP contribution in [0.2, 0.25) is 4.34 Å². The van der Waals surface area contributed by atoms with Crippen molar-refractivity contribution in [2.45, 2.75) is 26.3 Å². The lowest BCUT2D eigenvalue weighted by Crippen LogP contribution is -2.22. The van der Waals surface area contributed by atoms with Gasteiger partial charge in [0, 0.05) is 17.7 Å². The molecule has 0 unspecified atom stereocenters. The number of carbonyl (C=O) groups is 2. The summed E-state index contributed by atoms with van der Waals surface area (Å²) in [6.45, 7) is 1.96. The highest BCUT2D eigenvalue weighted by Crippen LogP contribution is 2.20. The number of hydrogen-bond donors (Lipinski definition) is 1. The lowest BCUT2D eigenvalue weighted by Gasteiger charge is -2.01. The molecule has 0 saturated heterocycles. The molecule has 1 aromatic heterocycles. The molecule has 0 radical (unpaired) electrons. The molecule has 0 fully saturated rings. The van der Waals surface area contributed by atoms with Crippen LogP contribution in [0.4, 0.5) is 0 Å². The predicted molar refractivity (Wildman–Crippen MR) is 61.1 cm³/mol. The van der Waals surface area contributed by atoms with Crippen molar-refractivity contribution in [3.63, 3.8) is 0 Å². The van der Waals surface area contributed by atoms with Gasteiger partial charge in [0.15, 0.2) is 0 Å². The third kappa shape index (κ3) is 4.95. The van der Waals surface area contributed by atoms with E-state index in [1.807, 2.05) is 6.07 Å². The summed E-state index contributed by atoms with van der Waals surface area (Å²) in [5.41, 5.74) is 0. The summed E-state index contributed by atoms with van der Waals surface area (Å²) < 4.78 is 0.711. The van der Waals surface area contributed by atoms with Crippen molar-refractivity contribution in [2.75, 3.05) is 0 Å². The maximum atomic E-state index is 11.2. The summed E-state index contributed by atoms with van der Waals surface area (Å²) >= 11 is 7.18. The second-order valence-corrected chi connectivity index (χ2v) is 4.98. The van der Waals surface area contributed by atoms with E-state index < -0.39 is 0 Å². The van der Waals surface area contributed by atoms with Crippen LogP contribution in [0, 0.1) is 0 Å². The minimum absolute atomic E-state index is 0.0318. The second-order valence-electron chi connectivity index (χ2n) is 3.18. The summed E-state index contributed by atoms with van der Waals surface area (Å²) in [6, 6.07) is 3.67. The molecule has 15 heavy (non-hydrogen) atoms. The number of nitrogens with one attached hydrogen (secondary N) is 1. The molecule has 0 bridgehead atoms. The minimum Gasteiger partial charge on any atom is -0.351 e. The quantitative estimate of drug-likeness (QED) is 0.866. The molecule has 1 N–H and O–H groups in total. The summed E-state index contributed by atoms with van der Waals surface area (Å²) in [6.07, 6.45) is 0.561. The van der Waals surface area contributed by atoms with Crippen LogP contribution in [0.3, 0.4) is 0 Å². The number of rotatable bonds is 5. The third-order valence-corrected chi connectivity index (χ3v) is 3.02. The van der Waals surface area contributed by atoms with E-state index in [2.05, 4.69) is 5.32 Å². The van der Waals surface area contributed by atoms with E-state index in [-0.39, 0.29) is 18.1 Å². The fraction of sp³-hybridized carbons (Fsp3) is 0.400. The summed E-state index contributed by atoms with van der Waals surface area (Å²) in [5, 5.41) is 2.73. The number of halogens is 1. The molecule has 1 rings (SSSR count). The molecule has 0 spiro atoms. The lowest BCUT2D eigenvalue weighted by atomic mass is 10.2. The summed E-state index contributed by atoms with van der Waals surface area (Å²) in [4.78, 5) is 22.9. The second kappa shape index (κ2) is 5.88. The molecule has 1 amide bonds. The van der Waals surface area contributed by atoms with Gasteiger partial charge in [0.2, 0.25) is 5.91 Å². The molecule has 1 aromatic rings. The minimum atomic E-state index is -0.102. The molecule has 0 aliphatic rings. The zero-order valence-electron chi connectivity index (χ0n) is 8.38. The molecular weight excluding hydrogens is 234 g/mol. The van der Waals surface area contributed by atoms with Crippen molar-refractivity contribution in [3.05, 3.63) is 21.3 Å². The molecule has 0 saturated carbocycles. The molecule has 0 aliphatic heterocycles. The monoisotopic (exact) mass is 245 g/mol. The number of carbonyl (C=O) groups excluding carboxylic acids is 2. The smallest absolute Gasteiger partial charge is 0.220 e. The lowest BCUT2D eigenvalue weighted by molar-refractivity contribution is -0.124. The Morgan fingerprint density at radius 3 is 2.67 bits per heavy atom. The first kappa shape index (κ1) is 12.2. The number of hydrogen-bond acceptors (Lipinski definition) is 3. The number of ketones is 1. The van der Waals surface area contributed by atoms with Crippen molar-refractivity contribution >= 4 is 34.6 Å². The predicted octanol–water partition coefficient (Wildman–Crippen LogP) is 2.39. The van der Waals surface area contributed by atoms with Gasteiger partial charge in [-0.2, -0.15) is 0 Å². The van der Waals surface area contributed by atoms with Crippen LogP contribution in [0.15, 0.2) is 12.1 Å². The van der Waals surface area contributed by atoms with Crippen molar-refractivity contribution < 1.29 is 9.59 Å². The average Bonchev–Trinajstić information content (AvgIpc) is 2.58. The Kier molecular flexibility index (Phi) is 4.78. The van der Waals surface area contributed by atoms with Gasteiger partial charge in [0.1, 0.15) is 5.78 Å². The van der Waals surface area contributed by atoms with E-state index in [9.17, 15) is 9.59 Å². The van der Waals surface area contributed by atoms with Gasteiger partial charge in [-0.15, -0.1) is 11.3 Å². The Morgan fingerprint density at radius 2 is 2.13 bits per heavy atom. The zero-order chi connectivity index (χ0) is 11.3. The van der Waals surface area contributed by atoms with Crippen LogP contribution >= 0.6 is 22.9 Å². The largest absolute Gasteiger partial charge is 0.351 e. The Morgan fingerprint density at radius 1 is 1.40 bits per heavy atom. The van der Waals surface area contributed by atoms with Crippen molar-refractivity contribution in [2.24, 2.45) is 0 Å². The van der Waals surface area contributed by atoms with E-state index in [1.165, 1.54) is 18.3 Å². The molecule has 0 atom stereocenters. The Labute approximate surface area is 97.4 Å². The van der Waals surface area contributed by atoms with Crippen LogP contribution in [-0.4, -0.2) is 11.7 Å². The Bertz CT molecular complexity index is 362. The maximum Gasteiger partial charge on any atom is 0.220 e. The van der Waals surface area contributed by atoms with E-state index in [1.54, 1.807) is 6.07 Å². The van der Waals surface area contributed by atoms with E-state index >= 15 is 0 Å². The van der Waals surface area contributed by atoms with Crippen molar-refractivity contribution in [1.29, 1.82) is 0 Å². The van der Waals surface area contributed by atoms with Gasteiger partial charge < -0.3 is 10.1 Å². The van der Waals surface area contributed by atoms with E-state index in [0.29, 0.717) is 17.3 Å². The Hall–Kier alpha value is -0.870. The standard InChI is InChI=1S/C10H12ClNO2S/c1-7(13)2-5-10(14)12-6-8-3-4-9(11)15-8/h3-4H,2,5-6H2,1H3,(H,12,14). The fourth-order valence-corrected chi connectivity index (χ4v) is 2.04. The van der Waals surface area contributed by atoms with Gasteiger partial charge in [-0.25, -0.2) is 0 Å². The summed E-state index contributed by atoms with van der Waals surface area (Å²) in [7, 11) is 0. The van der Waals surface area contributed by atoms with Gasteiger partial charge in [-0.05, 0) is 19.1 Å². The van der Waals surface area contributed by atoms with Gasteiger partial charge in [0.05, 0.1) is 10.9 Å². The van der Waals surface area contributed by atoms with Crippen LogP contribution in [0.1, 0.15) is 24.6 Å². The first-order chi connectivity index (χ1) is 7.08. The molecule has 5 heteroatoms. The number of amides is 1. The molecule has 3 nitrogen and oxygen atoms in total. The zero-order valence-corrected chi connectivity index (χ0v) is 9.95.